The Kier molecular flexibility index (Phi) is 3.94. The number of nitrogens with zero attached hydrogens (tertiary/aromatic N) is 1. The summed E-state index contributed by atoms with van der Waals surface area (Å²) in [7, 11) is 1.94. The number of hydrogen-bond acceptors (Lipinski definition) is 3. The fourth-order valence-corrected chi connectivity index (χ4v) is 1.81. The number of ether oxygens (including phenoxy) is 1. The Morgan fingerprint density at radius 3 is 3.00 bits per heavy atom. The van der Waals surface area contributed by atoms with E-state index in [1.807, 2.05) is 31.3 Å². The third-order valence-electron chi connectivity index (χ3n) is 2.77. The number of benzene rings is 1. The van der Waals surface area contributed by atoms with Gasteiger partial charge < -0.3 is 10.1 Å². The lowest BCUT2D eigenvalue weighted by Crippen LogP contribution is -2.28. The minimum Gasteiger partial charge on any atom is -0.489 e. The zero-order valence-electron chi connectivity index (χ0n) is 10.3. The monoisotopic (exact) mass is 230 g/mol. The molecule has 2 rings (SSSR count). The van der Waals surface area contributed by atoms with Crippen molar-refractivity contribution < 1.29 is 4.74 Å². The van der Waals surface area contributed by atoms with Gasteiger partial charge in [0.15, 0.2) is 0 Å². The Morgan fingerprint density at radius 1 is 1.35 bits per heavy atom. The molecule has 0 saturated carbocycles. The summed E-state index contributed by atoms with van der Waals surface area (Å²) in [6.45, 7) is 2.98. The molecule has 1 unspecified atom stereocenters. The summed E-state index contributed by atoms with van der Waals surface area (Å²) in [4.78, 5) is 4.33. The number of pyridine rings is 1. The maximum Gasteiger partial charge on any atom is 0.121 e. The van der Waals surface area contributed by atoms with Gasteiger partial charge in [-0.05, 0) is 31.7 Å². The molecule has 0 radical (unpaired) electrons. The van der Waals surface area contributed by atoms with E-state index in [4.69, 9.17) is 4.74 Å². The van der Waals surface area contributed by atoms with Crippen molar-refractivity contribution in [1.29, 1.82) is 0 Å². The maximum atomic E-state index is 5.91. The average Bonchev–Trinajstić information content (AvgIpc) is 2.38. The highest BCUT2D eigenvalue weighted by Gasteiger charge is 2.07. The molecule has 2 aromatic rings. The van der Waals surface area contributed by atoms with Crippen LogP contribution in [-0.4, -0.2) is 24.7 Å². The molecule has 1 aromatic heterocycles. The Balaban J connectivity index is 2.18. The molecular formula is C14H18N2O. The van der Waals surface area contributed by atoms with Crippen molar-refractivity contribution >= 4 is 10.9 Å². The second kappa shape index (κ2) is 5.64. The van der Waals surface area contributed by atoms with Crippen LogP contribution in [0.25, 0.3) is 10.9 Å². The Morgan fingerprint density at radius 2 is 2.24 bits per heavy atom. The number of fused-ring (bicyclic) bond motifs is 1. The van der Waals surface area contributed by atoms with E-state index in [1.54, 1.807) is 6.20 Å². The quantitative estimate of drug-likeness (QED) is 0.857. The van der Waals surface area contributed by atoms with Crippen LogP contribution in [0.4, 0.5) is 0 Å². The van der Waals surface area contributed by atoms with E-state index in [0.717, 1.165) is 29.6 Å². The minimum atomic E-state index is 0.209. The zero-order chi connectivity index (χ0) is 12.1. The number of nitrogens with one attached hydrogen (secondary N) is 1. The first kappa shape index (κ1) is 11.9. The smallest absolute Gasteiger partial charge is 0.121 e. The summed E-state index contributed by atoms with van der Waals surface area (Å²) >= 11 is 0. The number of rotatable bonds is 5. The first-order chi connectivity index (χ1) is 8.33. The standard InChI is InChI=1S/C14H18N2O/c1-3-12(10-15-2)17-13-7-6-11-5-4-8-16-14(11)9-13/h4-9,12,15H,3,10H2,1-2H3. The molecule has 1 N–H and O–H groups in total. The highest BCUT2D eigenvalue weighted by molar-refractivity contribution is 5.79. The summed E-state index contributed by atoms with van der Waals surface area (Å²) in [6, 6.07) is 10.0. The lowest BCUT2D eigenvalue weighted by molar-refractivity contribution is 0.196. The largest absolute Gasteiger partial charge is 0.489 e. The molecule has 3 heteroatoms. The molecule has 0 aliphatic carbocycles. The molecule has 0 amide bonds. The Labute approximate surface area is 102 Å². The normalized spacial score (nSPS) is 12.6. The first-order valence-corrected chi connectivity index (χ1v) is 5.99. The van der Waals surface area contributed by atoms with Crippen LogP contribution in [0.3, 0.4) is 0 Å². The molecule has 0 aliphatic rings. The van der Waals surface area contributed by atoms with Gasteiger partial charge in [-0.2, -0.15) is 0 Å². The molecule has 3 nitrogen and oxygen atoms in total. The van der Waals surface area contributed by atoms with Crippen molar-refractivity contribution in [1.82, 2.24) is 10.3 Å². The average molecular weight is 230 g/mol. The van der Waals surface area contributed by atoms with Crippen LogP contribution in [-0.2, 0) is 0 Å². The van der Waals surface area contributed by atoms with Crippen molar-refractivity contribution in [2.45, 2.75) is 19.4 Å². The van der Waals surface area contributed by atoms with Gasteiger partial charge in [-0.3, -0.25) is 4.98 Å². The number of likely N-dealkylation sites (N-methyl/N-ethyl adjacent to an activating group) is 1. The van der Waals surface area contributed by atoms with Gasteiger partial charge in [0.05, 0.1) is 5.52 Å². The molecule has 1 heterocycles. The van der Waals surface area contributed by atoms with E-state index in [-0.39, 0.29) is 6.10 Å². The fraction of sp³-hybridized carbons (Fsp3) is 0.357. The molecule has 1 aromatic carbocycles. The molecule has 0 bridgehead atoms. The summed E-state index contributed by atoms with van der Waals surface area (Å²) in [5, 5.41) is 4.28. The van der Waals surface area contributed by atoms with Crippen molar-refractivity contribution in [3.63, 3.8) is 0 Å². The van der Waals surface area contributed by atoms with Crippen LogP contribution in [0.1, 0.15) is 13.3 Å². The van der Waals surface area contributed by atoms with Gasteiger partial charge in [0.2, 0.25) is 0 Å². The van der Waals surface area contributed by atoms with Gasteiger partial charge in [0.1, 0.15) is 11.9 Å². The van der Waals surface area contributed by atoms with E-state index in [2.05, 4.69) is 23.3 Å². The molecule has 90 valence electrons. The lowest BCUT2D eigenvalue weighted by Gasteiger charge is -2.17. The van der Waals surface area contributed by atoms with Crippen LogP contribution in [0.5, 0.6) is 5.75 Å². The molecule has 0 saturated heterocycles. The molecule has 1 atom stereocenters. The lowest BCUT2D eigenvalue weighted by atomic mass is 10.2. The van der Waals surface area contributed by atoms with Crippen molar-refractivity contribution in [3.8, 4) is 5.75 Å². The van der Waals surface area contributed by atoms with E-state index in [0.29, 0.717) is 0 Å². The third-order valence-corrected chi connectivity index (χ3v) is 2.77. The summed E-state index contributed by atoms with van der Waals surface area (Å²) < 4.78 is 5.91. The van der Waals surface area contributed by atoms with E-state index in [1.165, 1.54) is 0 Å². The van der Waals surface area contributed by atoms with Crippen LogP contribution in [0.15, 0.2) is 36.5 Å². The van der Waals surface area contributed by atoms with E-state index < -0.39 is 0 Å². The van der Waals surface area contributed by atoms with Gasteiger partial charge in [-0.1, -0.05) is 13.0 Å². The Hall–Kier alpha value is -1.61. The molecule has 0 fully saturated rings. The molecule has 17 heavy (non-hydrogen) atoms. The molecular weight excluding hydrogens is 212 g/mol. The molecule has 0 spiro atoms. The highest BCUT2D eigenvalue weighted by atomic mass is 16.5. The van der Waals surface area contributed by atoms with Crippen molar-refractivity contribution in [2.24, 2.45) is 0 Å². The summed E-state index contributed by atoms with van der Waals surface area (Å²) in [5.41, 5.74) is 0.976. The predicted molar refractivity (Wildman–Crippen MR) is 70.4 cm³/mol. The maximum absolute atomic E-state index is 5.91. The predicted octanol–water partition coefficient (Wildman–Crippen LogP) is 2.61. The third kappa shape index (κ3) is 2.94. The van der Waals surface area contributed by atoms with Crippen molar-refractivity contribution in [3.05, 3.63) is 36.5 Å². The van der Waals surface area contributed by atoms with E-state index >= 15 is 0 Å². The van der Waals surface area contributed by atoms with Gasteiger partial charge in [-0.25, -0.2) is 0 Å². The van der Waals surface area contributed by atoms with Crippen LogP contribution in [0.2, 0.25) is 0 Å². The summed E-state index contributed by atoms with van der Waals surface area (Å²) in [5.74, 6) is 0.887. The second-order valence-corrected chi connectivity index (χ2v) is 4.06. The zero-order valence-corrected chi connectivity index (χ0v) is 10.3. The van der Waals surface area contributed by atoms with Crippen molar-refractivity contribution in [2.75, 3.05) is 13.6 Å². The second-order valence-electron chi connectivity index (χ2n) is 4.06. The van der Waals surface area contributed by atoms with Gasteiger partial charge >= 0.3 is 0 Å². The first-order valence-electron chi connectivity index (χ1n) is 5.99. The Bertz CT molecular complexity index is 484. The van der Waals surface area contributed by atoms with Gasteiger partial charge in [0.25, 0.3) is 0 Å². The number of aromatic nitrogens is 1. The summed E-state index contributed by atoms with van der Waals surface area (Å²) in [6.07, 6.45) is 3.00. The molecule has 0 aliphatic heterocycles. The van der Waals surface area contributed by atoms with Gasteiger partial charge in [0, 0.05) is 24.2 Å². The van der Waals surface area contributed by atoms with Crippen LogP contribution < -0.4 is 10.1 Å². The SMILES string of the molecule is CCC(CNC)Oc1ccc2cccnc2c1. The van der Waals surface area contributed by atoms with Crippen LogP contribution >= 0.6 is 0 Å². The highest BCUT2D eigenvalue weighted by Crippen LogP contribution is 2.20. The topological polar surface area (TPSA) is 34.1 Å². The minimum absolute atomic E-state index is 0.209. The van der Waals surface area contributed by atoms with Gasteiger partial charge in [-0.15, -0.1) is 0 Å². The fourth-order valence-electron chi connectivity index (χ4n) is 1.81. The van der Waals surface area contributed by atoms with E-state index in [9.17, 15) is 0 Å². The van der Waals surface area contributed by atoms with Crippen LogP contribution in [0, 0.1) is 0 Å². The number of hydrogen-bond donors (Lipinski definition) is 1.